The second kappa shape index (κ2) is 14.3. The van der Waals surface area contributed by atoms with Gasteiger partial charge in [-0.2, -0.15) is 0 Å². The average molecular weight is 689 g/mol. The van der Waals surface area contributed by atoms with Crippen LogP contribution in [0.1, 0.15) is 11.1 Å². The first kappa shape index (κ1) is 34.2. The van der Waals surface area contributed by atoms with Gasteiger partial charge >= 0.3 is 0 Å². The molecular weight excluding hydrogens is 653 g/mol. The van der Waals surface area contributed by atoms with Gasteiger partial charge in [0.15, 0.2) is 0 Å². The highest BCUT2D eigenvalue weighted by atomic mass is 32.2. The molecule has 12 nitrogen and oxygen atoms in total. The molecule has 0 aromatic heterocycles. The van der Waals surface area contributed by atoms with Crippen LogP contribution in [0.2, 0.25) is 0 Å². The van der Waals surface area contributed by atoms with Gasteiger partial charge in [0.25, 0.3) is 15.9 Å². The van der Waals surface area contributed by atoms with Gasteiger partial charge in [0.05, 0.1) is 28.1 Å². The number of likely N-dealkylation sites (N-methyl/N-ethyl adjacent to an activating group) is 1. The summed E-state index contributed by atoms with van der Waals surface area (Å²) >= 11 is 0. The summed E-state index contributed by atoms with van der Waals surface area (Å²) in [6.45, 7) is 0.588. The van der Waals surface area contributed by atoms with Crippen molar-refractivity contribution in [2.45, 2.75) is 4.90 Å². The second-order valence-corrected chi connectivity index (χ2v) is 14.9. The lowest BCUT2D eigenvalue weighted by molar-refractivity contribution is -0.119. The first-order valence-corrected chi connectivity index (χ1v) is 18.2. The third-order valence-corrected chi connectivity index (χ3v) is 9.90. The highest BCUT2D eigenvalue weighted by molar-refractivity contribution is 7.92. The van der Waals surface area contributed by atoms with E-state index in [0.717, 1.165) is 10.6 Å². The number of para-hydroxylation sites is 1. The maximum absolute atomic E-state index is 13.5. The number of amides is 2. The van der Waals surface area contributed by atoms with Gasteiger partial charge in [-0.3, -0.25) is 18.6 Å². The Bertz CT molecular complexity index is 2050. The number of sulfonamides is 2. The van der Waals surface area contributed by atoms with E-state index in [-0.39, 0.29) is 22.7 Å². The van der Waals surface area contributed by atoms with Crippen LogP contribution in [0.15, 0.2) is 108 Å². The Morgan fingerprint density at radius 2 is 1.46 bits per heavy atom. The molecule has 0 radical (unpaired) electrons. The summed E-state index contributed by atoms with van der Waals surface area (Å²) in [6, 6.07) is 28.4. The molecule has 4 aromatic carbocycles. The molecule has 4 N–H and O–H groups in total. The van der Waals surface area contributed by atoms with E-state index in [1.807, 2.05) is 49.3 Å². The predicted octanol–water partition coefficient (Wildman–Crippen LogP) is 3.86. The van der Waals surface area contributed by atoms with Crippen molar-refractivity contribution in [1.82, 2.24) is 10.2 Å². The van der Waals surface area contributed by atoms with E-state index in [4.69, 9.17) is 0 Å². The summed E-state index contributed by atoms with van der Waals surface area (Å²) in [5, 5.41) is 8.84. The first-order valence-electron chi connectivity index (χ1n) is 14.9. The van der Waals surface area contributed by atoms with Crippen LogP contribution >= 0.6 is 0 Å². The van der Waals surface area contributed by atoms with E-state index in [0.29, 0.717) is 47.0 Å². The molecule has 0 atom stereocenters. The molecule has 2 amide bonds. The lowest BCUT2D eigenvalue weighted by Gasteiger charge is -2.23. The van der Waals surface area contributed by atoms with Crippen molar-refractivity contribution in [3.05, 3.63) is 114 Å². The van der Waals surface area contributed by atoms with E-state index in [9.17, 15) is 26.4 Å². The number of hydrogen-bond acceptors (Lipinski definition) is 8. The van der Waals surface area contributed by atoms with Gasteiger partial charge in [-0.05, 0) is 74.3 Å². The van der Waals surface area contributed by atoms with E-state index in [2.05, 4.69) is 20.7 Å². The van der Waals surface area contributed by atoms with Crippen molar-refractivity contribution in [1.29, 1.82) is 0 Å². The molecule has 0 bridgehead atoms. The molecule has 0 saturated heterocycles. The Labute approximate surface area is 280 Å². The van der Waals surface area contributed by atoms with Crippen LogP contribution in [0, 0.1) is 0 Å². The zero-order valence-corrected chi connectivity index (χ0v) is 28.2. The molecule has 14 heteroatoms. The zero-order valence-electron chi connectivity index (χ0n) is 26.6. The third kappa shape index (κ3) is 8.20. The van der Waals surface area contributed by atoms with E-state index in [1.54, 1.807) is 60.7 Å². The highest BCUT2D eigenvalue weighted by Gasteiger charge is 2.30. The fourth-order valence-corrected chi connectivity index (χ4v) is 6.97. The van der Waals surface area contributed by atoms with Crippen LogP contribution in [-0.2, 0) is 29.6 Å². The molecule has 0 saturated carbocycles. The lowest BCUT2D eigenvalue weighted by Crippen LogP contribution is -2.42. The van der Waals surface area contributed by atoms with Crippen molar-refractivity contribution in [3.63, 3.8) is 0 Å². The fraction of sp³-hybridized carbons (Fsp3) is 0.176. The summed E-state index contributed by atoms with van der Waals surface area (Å²) < 4.78 is 55.5. The van der Waals surface area contributed by atoms with Crippen LogP contribution in [-0.4, -0.2) is 73.5 Å². The molecule has 1 aliphatic rings. The second-order valence-electron chi connectivity index (χ2n) is 11.3. The van der Waals surface area contributed by atoms with Crippen LogP contribution < -0.4 is 25.0 Å². The van der Waals surface area contributed by atoms with Gasteiger partial charge in [-0.25, -0.2) is 16.8 Å². The SMILES string of the molecule is CN(C)CCNC(=O)CN(c1ccc(N/C(=C2\C(=O)Nc3ccc(S(=O)(=O)Nc4ccccc4)cc32)c2ccccc2)cc1)S(C)(=O)=O. The molecule has 1 heterocycles. The molecule has 1 aliphatic heterocycles. The molecule has 250 valence electrons. The van der Waals surface area contributed by atoms with Gasteiger partial charge in [0, 0.05) is 35.7 Å². The molecule has 4 aromatic rings. The number of fused-ring (bicyclic) bond motifs is 1. The number of carbonyl (C=O) groups is 2. The van der Waals surface area contributed by atoms with Crippen molar-refractivity contribution in [3.8, 4) is 0 Å². The monoisotopic (exact) mass is 688 g/mol. The van der Waals surface area contributed by atoms with E-state index < -0.39 is 31.9 Å². The Morgan fingerprint density at radius 3 is 2.08 bits per heavy atom. The summed E-state index contributed by atoms with van der Waals surface area (Å²) in [5.41, 5.74) is 3.33. The fourth-order valence-electron chi connectivity index (χ4n) is 5.03. The molecule has 48 heavy (non-hydrogen) atoms. The normalized spacial score (nSPS) is 13.8. The van der Waals surface area contributed by atoms with E-state index >= 15 is 0 Å². The Balaban J connectivity index is 1.48. The third-order valence-electron chi connectivity index (χ3n) is 7.38. The maximum atomic E-state index is 13.5. The average Bonchev–Trinajstić information content (AvgIpc) is 3.37. The number of rotatable bonds is 13. The largest absolute Gasteiger partial charge is 0.354 e. The predicted molar refractivity (Wildman–Crippen MR) is 189 cm³/mol. The standard InChI is InChI=1S/C34H36N6O6S2/c1-39(2)21-20-35-31(41)23-40(47(3,43)44)27-16-14-25(15-17-27)36-33(24-10-6-4-7-11-24)32-29-22-28(18-19-30(29)37-34(32)42)48(45,46)38-26-12-8-5-9-13-26/h4-19,22,36,38H,20-21,23H2,1-3H3,(H,35,41)(H,37,42)/b33-32-. The summed E-state index contributed by atoms with van der Waals surface area (Å²) in [4.78, 5) is 27.9. The summed E-state index contributed by atoms with van der Waals surface area (Å²) in [7, 11) is -4.04. The summed E-state index contributed by atoms with van der Waals surface area (Å²) in [6.07, 6.45) is 1.03. The molecule has 0 aliphatic carbocycles. The van der Waals surface area contributed by atoms with E-state index in [1.165, 1.54) is 12.1 Å². The van der Waals surface area contributed by atoms with Crippen molar-refractivity contribution >= 4 is 65.9 Å². The number of benzene rings is 4. The van der Waals surface area contributed by atoms with Crippen LogP contribution in [0.25, 0.3) is 11.3 Å². The van der Waals surface area contributed by atoms with Crippen LogP contribution in [0.4, 0.5) is 22.7 Å². The van der Waals surface area contributed by atoms with Gasteiger partial charge < -0.3 is 20.9 Å². The van der Waals surface area contributed by atoms with Crippen LogP contribution in [0.3, 0.4) is 0 Å². The van der Waals surface area contributed by atoms with Crippen LogP contribution in [0.5, 0.6) is 0 Å². The number of nitrogens with zero attached hydrogens (tertiary/aromatic N) is 2. The molecule has 0 spiro atoms. The summed E-state index contributed by atoms with van der Waals surface area (Å²) in [5.74, 6) is -0.867. The minimum absolute atomic E-state index is 0.0255. The Hall–Kier alpha value is -5.18. The Morgan fingerprint density at radius 1 is 0.812 bits per heavy atom. The Kier molecular flexibility index (Phi) is 10.2. The zero-order chi connectivity index (χ0) is 34.5. The first-order chi connectivity index (χ1) is 22.8. The van der Waals surface area contributed by atoms with Crippen molar-refractivity contribution in [2.75, 3.05) is 59.6 Å². The number of hydrogen-bond donors (Lipinski definition) is 4. The van der Waals surface area contributed by atoms with Gasteiger partial charge in [0.1, 0.15) is 6.54 Å². The molecule has 5 rings (SSSR count). The minimum Gasteiger partial charge on any atom is -0.354 e. The molecule has 0 fully saturated rings. The topological polar surface area (TPSA) is 157 Å². The maximum Gasteiger partial charge on any atom is 0.261 e. The number of anilines is 4. The number of carbonyl (C=O) groups excluding carboxylic acids is 2. The van der Waals surface area contributed by atoms with Gasteiger partial charge in [-0.1, -0.05) is 48.5 Å². The lowest BCUT2D eigenvalue weighted by atomic mass is 10.00. The highest BCUT2D eigenvalue weighted by Crippen LogP contribution is 2.39. The minimum atomic E-state index is -3.98. The molecular formula is C34H36N6O6S2. The van der Waals surface area contributed by atoms with Crippen molar-refractivity contribution in [2.24, 2.45) is 0 Å². The molecule has 0 unspecified atom stereocenters. The van der Waals surface area contributed by atoms with Crippen molar-refractivity contribution < 1.29 is 26.4 Å². The number of nitrogens with one attached hydrogen (secondary N) is 4. The van der Waals surface area contributed by atoms with Gasteiger partial charge in [-0.15, -0.1) is 0 Å². The smallest absolute Gasteiger partial charge is 0.261 e. The quantitative estimate of drug-likeness (QED) is 0.154. The van der Waals surface area contributed by atoms with Gasteiger partial charge in [0.2, 0.25) is 15.9 Å².